The van der Waals surface area contributed by atoms with Gasteiger partial charge in [0.2, 0.25) is 0 Å². The van der Waals surface area contributed by atoms with Gasteiger partial charge in [0.05, 0.1) is 19.8 Å². The molecule has 124 valence electrons. The van der Waals surface area contributed by atoms with Crippen LogP contribution >= 0.6 is 0 Å². The molecule has 1 fully saturated rings. The zero-order chi connectivity index (χ0) is 15.9. The number of ether oxygens (including phenoxy) is 1. The van der Waals surface area contributed by atoms with E-state index in [1.807, 2.05) is 7.05 Å². The lowest BCUT2D eigenvalue weighted by atomic mass is 10.2. The van der Waals surface area contributed by atoms with Gasteiger partial charge in [-0.25, -0.2) is 0 Å². The molecule has 6 heteroatoms. The van der Waals surface area contributed by atoms with Gasteiger partial charge in [-0.2, -0.15) is 0 Å². The first-order valence-electron chi connectivity index (χ1n) is 7.95. The second-order valence-corrected chi connectivity index (χ2v) is 5.90. The van der Waals surface area contributed by atoms with Crippen LogP contribution < -0.4 is 5.32 Å². The maximum Gasteiger partial charge on any atom is 0.193 e. The van der Waals surface area contributed by atoms with E-state index in [0.29, 0.717) is 6.04 Å². The highest BCUT2D eigenvalue weighted by molar-refractivity contribution is 5.79. The fraction of sp³-hybridized carbons (Fsp3) is 0.688. The van der Waals surface area contributed by atoms with Crippen LogP contribution in [0.25, 0.3) is 0 Å². The first kappa shape index (κ1) is 16.8. The molecule has 1 aromatic heterocycles. The van der Waals surface area contributed by atoms with E-state index in [1.165, 1.54) is 5.69 Å². The maximum absolute atomic E-state index is 5.47. The van der Waals surface area contributed by atoms with E-state index in [0.717, 1.165) is 45.4 Å². The van der Waals surface area contributed by atoms with Gasteiger partial charge in [0, 0.05) is 58.7 Å². The van der Waals surface area contributed by atoms with Crippen LogP contribution in [0.5, 0.6) is 0 Å². The number of guanidine groups is 1. The number of morpholine rings is 1. The largest absolute Gasteiger partial charge is 0.379 e. The molecule has 0 bridgehead atoms. The minimum atomic E-state index is 0.499. The summed E-state index contributed by atoms with van der Waals surface area (Å²) in [6.07, 6.45) is 2.07. The number of nitrogens with one attached hydrogen (secondary N) is 1. The Morgan fingerprint density at radius 1 is 1.55 bits per heavy atom. The fourth-order valence-corrected chi connectivity index (χ4v) is 2.77. The van der Waals surface area contributed by atoms with E-state index in [9.17, 15) is 0 Å². The molecule has 1 atom stereocenters. The first-order valence-corrected chi connectivity index (χ1v) is 7.95. The molecule has 1 unspecified atom stereocenters. The topological polar surface area (TPSA) is 45.0 Å². The molecular weight excluding hydrogens is 278 g/mol. The monoisotopic (exact) mass is 307 g/mol. The standard InChI is InChI=1S/C16H29N5O/c1-14-13-22-11-10-21(14)9-7-18-16(17-2)20(4)12-15-6-5-8-19(15)3/h5-6,8,14H,7,9-13H2,1-4H3,(H,17,18). The van der Waals surface area contributed by atoms with E-state index in [2.05, 4.69) is 64.0 Å². The summed E-state index contributed by atoms with van der Waals surface area (Å²) in [7, 11) is 5.97. The second-order valence-electron chi connectivity index (χ2n) is 5.90. The number of hydrogen-bond donors (Lipinski definition) is 1. The van der Waals surface area contributed by atoms with Crippen LogP contribution in [0.1, 0.15) is 12.6 Å². The minimum absolute atomic E-state index is 0.499. The lowest BCUT2D eigenvalue weighted by molar-refractivity contribution is 0.000832. The SMILES string of the molecule is CN=C(NCCN1CCOCC1C)N(C)Cc1cccn1C. The number of aliphatic imine (C=N–C) groups is 1. The average molecular weight is 307 g/mol. The summed E-state index contributed by atoms with van der Waals surface area (Å²) in [4.78, 5) is 8.99. The van der Waals surface area contributed by atoms with Crippen molar-refractivity contribution in [1.29, 1.82) is 0 Å². The molecule has 1 aliphatic rings. The quantitative estimate of drug-likeness (QED) is 0.644. The molecule has 0 aromatic carbocycles. The van der Waals surface area contributed by atoms with Gasteiger partial charge in [-0.1, -0.05) is 0 Å². The van der Waals surface area contributed by atoms with Crippen LogP contribution in [-0.4, -0.2) is 73.3 Å². The third-order valence-electron chi connectivity index (χ3n) is 4.21. The highest BCUT2D eigenvalue weighted by Gasteiger charge is 2.18. The predicted octanol–water partition coefficient (Wildman–Crippen LogP) is 0.753. The van der Waals surface area contributed by atoms with Crippen molar-refractivity contribution in [2.45, 2.75) is 19.5 Å². The minimum Gasteiger partial charge on any atom is -0.379 e. The molecule has 0 saturated carbocycles. The van der Waals surface area contributed by atoms with Crippen molar-refractivity contribution >= 4 is 5.96 Å². The third-order valence-corrected chi connectivity index (χ3v) is 4.21. The summed E-state index contributed by atoms with van der Waals surface area (Å²) in [5.74, 6) is 0.933. The van der Waals surface area contributed by atoms with Crippen molar-refractivity contribution in [2.75, 3.05) is 46.9 Å². The van der Waals surface area contributed by atoms with Crippen molar-refractivity contribution in [2.24, 2.45) is 12.0 Å². The molecule has 0 amide bonds. The van der Waals surface area contributed by atoms with Gasteiger partial charge in [-0.05, 0) is 19.1 Å². The van der Waals surface area contributed by atoms with Crippen molar-refractivity contribution < 1.29 is 4.74 Å². The first-order chi connectivity index (χ1) is 10.6. The lowest BCUT2D eigenvalue weighted by Crippen LogP contribution is -2.48. The Kier molecular flexibility index (Phi) is 6.27. The van der Waals surface area contributed by atoms with Crippen molar-refractivity contribution in [3.05, 3.63) is 24.0 Å². The third kappa shape index (κ3) is 4.48. The highest BCUT2D eigenvalue weighted by atomic mass is 16.5. The molecule has 1 saturated heterocycles. The zero-order valence-corrected chi connectivity index (χ0v) is 14.2. The smallest absolute Gasteiger partial charge is 0.193 e. The van der Waals surface area contributed by atoms with Gasteiger partial charge in [-0.15, -0.1) is 0 Å². The summed E-state index contributed by atoms with van der Waals surface area (Å²) >= 11 is 0. The Balaban J connectivity index is 1.78. The van der Waals surface area contributed by atoms with E-state index < -0.39 is 0 Å². The van der Waals surface area contributed by atoms with E-state index in [4.69, 9.17) is 4.74 Å². The molecule has 1 aliphatic heterocycles. The van der Waals surface area contributed by atoms with Crippen molar-refractivity contribution in [1.82, 2.24) is 19.7 Å². The fourth-order valence-electron chi connectivity index (χ4n) is 2.77. The highest BCUT2D eigenvalue weighted by Crippen LogP contribution is 2.05. The van der Waals surface area contributed by atoms with Crippen LogP contribution in [-0.2, 0) is 18.3 Å². The molecule has 2 rings (SSSR count). The van der Waals surface area contributed by atoms with Crippen LogP contribution in [0.2, 0.25) is 0 Å². The van der Waals surface area contributed by atoms with Crippen LogP contribution in [0, 0.1) is 0 Å². The Morgan fingerprint density at radius 3 is 3.00 bits per heavy atom. The molecule has 2 heterocycles. The summed E-state index contributed by atoms with van der Waals surface area (Å²) in [6, 6.07) is 4.71. The van der Waals surface area contributed by atoms with Crippen molar-refractivity contribution in [3.8, 4) is 0 Å². The number of rotatable bonds is 5. The molecular formula is C16H29N5O. The van der Waals surface area contributed by atoms with Gasteiger partial charge in [0.1, 0.15) is 0 Å². The number of hydrogen-bond acceptors (Lipinski definition) is 3. The Labute approximate surface area is 133 Å². The van der Waals surface area contributed by atoms with Gasteiger partial charge >= 0.3 is 0 Å². The average Bonchev–Trinajstić information content (AvgIpc) is 2.90. The summed E-state index contributed by atoms with van der Waals surface area (Å²) in [6.45, 7) is 7.66. The zero-order valence-electron chi connectivity index (χ0n) is 14.2. The van der Waals surface area contributed by atoms with E-state index >= 15 is 0 Å². The Morgan fingerprint density at radius 2 is 2.36 bits per heavy atom. The molecule has 6 nitrogen and oxygen atoms in total. The molecule has 0 spiro atoms. The van der Waals surface area contributed by atoms with Gasteiger partial charge in [-0.3, -0.25) is 9.89 Å². The molecule has 1 N–H and O–H groups in total. The molecule has 0 radical (unpaired) electrons. The number of aryl methyl sites for hydroxylation is 1. The van der Waals surface area contributed by atoms with Gasteiger partial charge < -0.3 is 19.5 Å². The second kappa shape index (κ2) is 8.19. The summed E-state index contributed by atoms with van der Waals surface area (Å²) in [5, 5.41) is 3.45. The van der Waals surface area contributed by atoms with E-state index in [1.54, 1.807) is 0 Å². The number of aromatic nitrogens is 1. The van der Waals surface area contributed by atoms with Crippen LogP contribution in [0.3, 0.4) is 0 Å². The Bertz CT molecular complexity index is 485. The lowest BCUT2D eigenvalue weighted by Gasteiger charge is -2.33. The molecule has 0 aliphatic carbocycles. The summed E-state index contributed by atoms with van der Waals surface area (Å²) < 4.78 is 7.61. The van der Waals surface area contributed by atoms with Gasteiger partial charge in [0.15, 0.2) is 5.96 Å². The van der Waals surface area contributed by atoms with Gasteiger partial charge in [0.25, 0.3) is 0 Å². The molecule has 1 aromatic rings. The van der Waals surface area contributed by atoms with Crippen LogP contribution in [0.15, 0.2) is 23.3 Å². The normalized spacial score (nSPS) is 20.2. The summed E-state index contributed by atoms with van der Waals surface area (Å²) in [5.41, 5.74) is 1.27. The Hall–Kier alpha value is -1.53. The van der Waals surface area contributed by atoms with E-state index in [-0.39, 0.29) is 0 Å². The maximum atomic E-state index is 5.47. The predicted molar refractivity (Wildman–Crippen MR) is 90.1 cm³/mol. The van der Waals surface area contributed by atoms with Crippen LogP contribution in [0.4, 0.5) is 0 Å². The number of nitrogens with zero attached hydrogens (tertiary/aromatic N) is 4. The molecule has 22 heavy (non-hydrogen) atoms. The van der Waals surface area contributed by atoms with Crippen molar-refractivity contribution in [3.63, 3.8) is 0 Å².